The molecule has 0 heterocycles. The maximum atomic E-state index is 3.84. The molecular formula is C16H36. The van der Waals surface area contributed by atoms with Crippen molar-refractivity contribution in [3.8, 4) is 0 Å². The number of unbranched alkanes of at least 4 members (excludes halogenated alkanes) is 1. The van der Waals surface area contributed by atoms with Gasteiger partial charge in [0.2, 0.25) is 0 Å². The van der Waals surface area contributed by atoms with Crippen molar-refractivity contribution in [1.29, 1.82) is 0 Å². The lowest BCUT2D eigenvalue weighted by molar-refractivity contribution is 0.264. The summed E-state index contributed by atoms with van der Waals surface area (Å²) in [6.07, 6.45) is 9.95. The van der Waals surface area contributed by atoms with Gasteiger partial charge in [-0.15, -0.1) is 6.58 Å². The molecule has 0 spiro atoms. The highest BCUT2D eigenvalue weighted by Gasteiger charge is 2.20. The minimum atomic E-state index is 0.534. The molecular weight excluding hydrogens is 192 g/mol. The summed E-state index contributed by atoms with van der Waals surface area (Å²) in [5.74, 6) is 0. The molecule has 0 bridgehead atoms. The van der Waals surface area contributed by atoms with Crippen molar-refractivity contribution in [3.63, 3.8) is 0 Å². The summed E-state index contributed by atoms with van der Waals surface area (Å²) in [4.78, 5) is 0. The second-order valence-corrected chi connectivity index (χ2v) is 4.16. The first kappa shape index (κ1) is 21.1. The van der Waals surface area contributed by atoms with Gasteiger partial charge in [0, 0.05) is 0 Å². The van der Waals surface area contributed by atoms with Crippen LogP contribution < -0.4 is 0 Å². The van der Waals surface area contributed by atoms with Crippen LogP contribution in [0.1, 0.15) is 87.0 Å². The zero-order valence-corrected chi connectivity index (χ0v) is 13.0. The predicted molar refractivity (Wildman–Crippen MR) is 80.1 cm³/mol. The predicted octanol–water partition coefficient (Wildman–Crippen LogP) is 6.61. The van der Waals surface area contributed by atoms with Gasteiger partial charge < -0.3 is 0 Å². The molecule has 0 N–H and O–H groups in total. The first-order valence-electron chi connectivity index (χ1n) is 7.29. The van der Waals surface area contributed by atoms with Gasteiger partial charge in [-0.2, -0.15) is 0 Å². The van der Waals surface area contributed by atoms with Crippen molar-refractivity contribution in [2.45, 2.75) is 87.0 Å². The third kappa shape index (κ3) is 13.7. The molecule has 0 rings (SSSR count). The van der Waals surface area contributed by atoms with E-state index in [2.05, 4.69) is 33.4 Å². The molecule has 1 atom stereocenters. The SMILES string of the molecule is C=CCC(C)(CCC)CCCC.CC.CC. The highest BCUT2D eigenvalue weighted by molar-refractivity contribution is 4.82. The lowest BCUT2D eigenvalue weighted by Crippen LogP contribution is -2.14. The van der Waals surface area contributed by atoms with Crippen LogP contribution in [-0.4, -0.2) is 0 Å². The molecule has 16 heavy (non-hydrogen) atoms. The summed E-state index contributed by atoms with van der Waals surface area (Å²) >= 11 is 0. The van der Waals surface area contributed by atoms with Crippen LogP contribution in [-0.2, 0) is 0 Å². The Kier molecular flexibility index (Phi) is 22.6. The van der Waals surface area contributed by atoms with E-state index in [0.29, 0.717) is 5.41 Å². The topological polar surface area (TPSA) is 0 Å². The van der Waals surface area contributed by atoms with E-state index >= 15 is 0 Å². The van der Waals surface area contributed by atoms with Crippen molar-refractivity contribution >= 4 is 0 Å². The Hall–Kier alpha value is -0.260. The summed E-state index contributed by atoms with van der Waals surface area (Å²) < 4.78 is 0. The van der Waals surface area contributed by atoms with E-state index in [9.17, 15) is 0 Å². The summed E-state index contributed by atoms with van der Waals surface area (Å²) in [6, 6.07) is 0. The standard InChI is InChI=1S/C12H24.2C2H6/c1-5-8-11-12(4,9-6-2)10-7-3;2*1-2/h6H,2,5,7-11H2,1,3-4H3;2*1-2H3. The van der Waals surface area contributed by atoms with Gasteiger partial charge in [-0.25, -0.2) is 0 Å². The second kappa shape index (κ2) is 17.1. The maximum absolute atomic E-state index is 3.84. The van der Waals surface area contributed by atoms with E-state index in [1.54, 1.807) is 0 Å². The summed E-state index contributed by atoms with van der Waals surface area (Å²) in [5.41, 5.74) is 0.534. The van der Waals surface area contributed by atoms with Crippen molar-refractivity contribution in [1.82, 2.24) is 0 Å². The minimum absolute atomic E-state index is 0.534. The van der Waals surface area contributed by atoms with Gasteiger partial charge in [0.15, 0.2) is 0 Å². The van der Waals surface area contributed by atoms with Gasteiger partial charge >= 0.3 is 0 Å². The van der Waals surface area contributed by atoms with Crippen LogP contribution in [0.3, 0.4) is 0 Å². The van der Waals surface area contributed by atoms with Crippen LogP contribution in [0.15, 0.2) is 12.7 Å². The highest BCUT2D eigenvalue weighted by Crippen LogP contribution is 2.33. The van der Waals surface area contributed by atoms with Crippen molar-refractivity contribution in [2.75, 3.05) is 0 Å². The average Bonchev–Trinajstić information content (AvgIpc) is 2.32. The van der Waals surface area contributed by atoms with Crippen molar-refractivity contribution in [3.05, 3.63) is 12.7 Å². The number of rotatable bonds is 7. The highest BCUT2D eigenvalue weighted by atomic mass is 14.2. The van der Waals surface area contributed by atoms with Crippen molar-refractivity contribution in [2.24, 2.45) is 5.41 Å². The van der Waals surface area contributed by atoms with Crippen LogP contribution in [0.5, 0.6) is 0 Å². The monoisotopic (exact) mass is 228 g/mol. The van der Waals surface area contributed by atoms with Gasteiger partial charge in [0.1, 0.15) is 0 Å². The van der Waals surface area contributed by atoms with E-state index in [1.165, 1.54) is 38.5 Å². The van der Waals surface area contributed by atoms with E-state index in [4.69, 9.17) is 0 Å². The molecule has 0 radical (unpaired) electrons. The number of hydrogen-bond donors (Lipinski definition) is 0. The fourth-order valence-electron chi connectivity index (χ4n) is 1.88. The third-order valence-corrected chi connectivity index (χ3v) is 2.62. The lowest BCUT2D eigenvalue weighted by atomic mass is 9.78. The zero-order valence-electron chi connectivity index (χ0n) is 13.0. The smallest absolute Gasteiger partial charge is 0.0292 e. The Morgan fingerprint density at radius 1 is 0.938 bits per heavy atom. The van der Waals surface area contributed by atoms with E-state index in [0.717, 1.165) is 0 Å². The first-order valence-corrected chi connectivity index (χ1v) is 7.29. The largest absolute Gasteiger partial charge is 0.103 e. The fraction of sp³-hybridized carbons (Fsp3) is 0.875. The third-order valence-electron chi connectivity index (χ3n) is 2.62. The van der Waals surface area contributed by atoms with Crippen LogP contribution in [0.25, 0.3) is 0 Å². The van der Waals surface area contributed by atoms with Crippen LogP contribution in [0.2, 0.25) is 0 Å². The number of allylic oxidation sites excluding steroid dienone is 1. The average molecular weight is 228 g/mol. The van der Waals surface area contributed by atoms with Gasteiger partial charge in [0.25, 0.3) is 0 Å². The van der Waals surface area contributed by atoms with E-state index in [1.807, 2.05) is 27.7 Å². The normalized spacial score (nSPS) is 12.4. The Morgan fingerprint density at radius 3 is 1.75 bits per heavy atom. The molecule has 0 amide bonds. The Morgan fingerprint density at radius 2 is 1.44 bits per heavy atom. The quantitative estimate of drug-likeness (QED) is 0.430. The molecule has 0 fully saturated rings. The minimum Gasteiger partial charge on any atom is -0.103 e. The molecule has 0 aliphatic heterocycles. The molecule has 0 nitrogen and oxygen atoms in total. The molecule has 1 unspecified atom stereocenters. The van der Waals surface area contributed by atoms with Gasteiger partial charge in [-0.3, -0.25) is 0 Å². The first-order chi connectivity index (χ1) is 7.68. The second-order valence-electron chi connectivity index (χ2n) is 4.16. The molecule has 0 aromatic heterocycles. The molecule has 0 saturated heterocycles. The molecule has 0 aliphatic carbocycles. The molecule has 0 aromatic rings. The molecule has 0 aromatic carbocycles. The van der Waals surface area contributed by atoms with Crippen LogP contribution in [0.4, 0.5) is 0 Å². The molecule has 0 aliphatic rings. The van der Waals surface area contributed by atoms with Crippen LogP contribution in [0, 0.1) is 5.41 Å². The fourth-order valence-corrected chi connectivity index (χ4v) is 1.88. The molecule has 100 valence electrons. The van der Waals surface area contributed by atoms with Crippen LogP contribution >= 0.6 is 0 Å². The van der Waals surface area contributed by atoms with Gasteiger partial charge in [-0.1, -0.05) is 73.8 Å². The summed E-state index contributed by atoms with van der Waals surface area (Å²) in [7, 11) is 0. The number of hydrogen-bond acceptors (Lipinski definition) is 0. The molecule has 0 heteroatoms. The van der Waals surface area contributed by atoms with Crippen molar-refractivity contribution < 1.29 is 0 Å². The Bertz CT molecular complexity index is 115. The van der Waals surface area contributed by atoms with E-state index in [-0.39, 0.29) is 0 Å². The van der Waals surface area contributed by atoms with E-state index < -0.39 is 0 Å². The lowest BCUT2D eigenvalue weighted by Gasteiger charge is -2.27. The van der Waals surface area contributed by atoms with Gasteiger partial charge in [-0.05, 0) is 24.7 Å². The maximum Gasteiger partial charge on any atom is -0.0292 e. The zero-order chi connectivity index (χ0) is 13.4. The Labute approximate surface area is 106 Å². The summed E-state index contributed by atoms with van der Waals surface area (Å²) in [5, 5.41) is 0. The van der Waals surface area contributed by atoms with Gasteiger partial charge in [0.05, 0.1) is 0 Å². The Balaban J connectivity index is -0.000000376. The summed E-state index contributed by atoms with van der Waals surface area (Å²) in [6.45, 7) is 18.8. The molecule has 0 saturated carbocycles.